The minimum atomic E-state index is -0.215. The quantitative estimate of drug-likeness (QED) is 0.899. The van der Waals surface area contributed by atoms with Gasteiger partial charge in [0.1, 0.15) is 5.69 Å². The van der Waals surface area contributed by atoms with E-state index in [4.69, 9.17) is 5.73 Å². The van der Waals surface area contributed by atoms with Crippen LogP contribution in [0.5, 0.6) is 0 Å². The summed E-state index contributed by atoms with van der Waals surface area (Å²) < 4.78 is 1.44. The second-order valence-electron chi connectivity index (χ2n) is 4.38. The van der Waals surface area contributed by atoms with Crippen molar-refractivity contribution in [2.75, 3.05) is 5.73 Å². The molecule has 0 saturated heterocycles. The molecule has 0 aliphatic carbocycles. The van der Waals surface area contributed by atoms with E-state index >= 15 is 0 Å². The molecule has 0 aliphatic rings. The molecule has 2 rings (SSSR count). The average Bonchev–Trinajstić information content (AvgIpc) is 2.36. The van der Waals surface area contributed by atoms with E-state index in [1.54, 1.807) is 6.07 Å². The lowest BCUT2D eigenvalue weighted by Gasteiger charge is -2.08. The monoisotopic (exact) mass is 243 g/mol. The molecule has 1 heterocycles. The Morgan fingerprint density at radius 3 is 2.56 bits per heavy atom. The Kier molecular flexibility index (Phi) is 3.46. The average molecular weight is 243 g/mol. The highest BCUT2D eigenvalue weighted by Crippen LogP contribution is 2.17. The zero-order valence-electron chi connectivity index (χ0n) is 10.7. The van der Waals surface area contributed by atoms with Crippen LogP contribution in [0.3, 0.4) is 0 Å². The third-order valence-corrected chi connectivity index (χ3v) is 2.78. The van der Waals surface area contributed by atoms with Gasteiger partial charge in [-0.05, 0) is 19.4 Å². The molecule has 0 saturated carbocycles. The number of aromatic nitrogens is 2. The lowest BCUT2D eigenvalue weighted by molar-refractivity contribution is 0.572. The summed E-state index contributed by atoms with van der Waals surface area (Å²) in [6, 6.07) is 9.64. The molecule has 0 atom stereocenters. The Bertz CT molecular complexity index is 599. The molecule has 0 spiro atoms. The third kappa shape index (κ3) is 2.42. The zero-order valence-corrected chi connectivity index (χ0v) is 10.7. The molecule has 18 heavy (non-hydrogen) atoms. The van der Waals surface area contributed by atoms with E-state index in [-0.39, 0.29) is 11.2 Å². The SMILES string of the molecule is CCCn1nc(-c2ccc(C)cc2)cc(N)c1=O. The number of nitrogens with zero attached hydrogens (tertiary/aromatic N) is 2. The fourth-order valence-corrected chi connectivity index (χ4v) is 1.79. The first-order valence-electron chi connectivity index (χ1n) is 6.06. The van der Waals surface area contributed by atoms with E-state index in [0.29, 0.717) is 6.54 Å². The molecule has 1 aromatic carbocycles. The molecule has 1 aromatic heterocycles. The van der Waals surface area contributed by atoms with Gasteiger partial charge in [-0.25, -0.2) is 4.68 Å². The lowest BCUT2D eigenvalue weighted by atomic mass is 10.1. The van der Waals surface area contributed by atoms with Gasteiger partial charge in [0, 0.05) is 12.1 Å². The van der Waals surface area contributed by atoms with Crippen molar-refractivity contribution in [3.8, 4) is 11.3 Å². The predicted octanol–water partition coefficient (Wildman–Crippen LogP) is 2.21. The van der Waals surface area contributed by atoms with Gasteiger partial charge in [-0.1, -0.05) is 36.8 Å². The summed E-state index contributed by atoms with van der Waals surface area (Å²) in [4.78, 5) is 11.8. The van der Waals surface area contributed by atoms with E-state index in [2.05, 4.69) is 5.10 Å². The first-order chi connectivity index (χ1) is 8.61. The van der Waals surface area contributed by atoms with Crippen molar-refractivity contribution in [2.24, 2.45) is 0 Å². The van der Waals surface area contributed by atoms with Crippen LogP contribution < -0.4 is 11.3 Å². The molecule has 0 fully saturated rings. The Morgan fingerprint density at radius 2 is 1.94 bits per heavy atom. The second kappa shape index (κ2) is 5.04. The van der Waals surface area contributed by atoms with Crippen LogP contribution in [0.2, 0.25) is 0 Å². The molecule has 4 nitrogen and oxygen atoms in total. The van der Waals surface area contributed by atoms with Gasteiger partial charge in [0.15, 0.2) is 0 Å². The summed E-state index contributed by atoms with van der Waals surface area (Å²) in [6.07, 6.45) is 0.851. The van der Waals surface area contributed by atoms with Gasteiger partial charge in [0.2, 0.25) is 0 Å². The minimum absolute atomic E-state index is 0.215. The smallest absolute Gasteiger partial charge is 0.289 e. The molecule has 0 aliphatic heterocycles. The van der Waals surface area contributed by atoms with Gasteiger partial charge < -0.3 is 5.73 Å². The number of hydrogen-bond acceptors (Lipinski definition) is 3. The number of aryl methyl sites for hydroxylation is 2. The number of hydrogen-bond donors (Lipinski definition) is 1. The Morgan fingerprint density at radius 1 is 1.28 bits per heavy atom. The molecule has 94 valence electrons. The maximum absolute atomic E-state index is 11.8. The number of benzene rings is 1. The van der Waals surface area contributed by atoms with Crippen LogP contribution in [-0.4, -0.2) is 9.78 Å². The molecule has 0 unspecified atom stereocenters. The molecule has 0 bridgehead atoms. The van der Waals surface area contributed by atoms with Gasteiger partial charge >= 0.3 is 0 Å². The second-order valence-corrected chi connectivity index (χ2v) is 4.38. The van der Waals surface area contributed by atoms with E-state index in [9.17, 15) is 4.79 Å². The molecule has 2 aromatic rings. The largest absolute Gasteiger partial charge is 0.394 e. The fraction of sp³-hybridized carbons (Fsp3) is 0.286. The number of nitrogens with two attached hydrogens (primary N) is 1. The Labute approximate surface area is 106 Å². The van der Waals surface area contributed by atoms with Gasteiger partial charge in [0.05, 0.1) is 5.69 Å². The van der Waals surface area contributed by atoms with Crippen molar-refractivity contribution in [2.45, 2.75) is 26.8 Å². The highest BCUT2D eigenvalue weighted by molar-refractivity contribution is 5.62. The lowest BCUT2D eigenvalue weighted by Crippen LogP contribution is -2.25. The summed E-state index contributed by atoms with van der Waals surface area (Å²) in [5, 5.41) is 4.35. The molecular formula is C14H17N3O. The van der Waals surface area contributed by atoms with E-state index < -0.39 is 0 Å². The maximum atomic E-state index is 11.8. The highest BCUT2D eigenvalue weighted by atomic mass is 16.1. The van der Waals surface area contributed by atoms with E-state index in [0.717, 1.165) is 17.7 Å². The van der Waals surface area contributed by atoms with Crippen LogP contribution in [-0.2, 0) is 6.54 Å². The summed E-state index contributed by atoms with van der Waals surface area (Å²) in [5.74, 6) is 0. The number of rotatable bonds is 3. The van der Waals surface area contributed by atoms with Crippen molar-refractivity contribution in [3.63, 3.8) is 0 Å². The summed E-state index contributed by atoms with van der Waals surface area (Å²) in [6.45, 7) is 4.62. The molecule has 2 N–H and O–H groups in total. The summed E-state index contributed by atoms with van der Waals surface area (Å²) >= 11 is 0. The third-order valence-electron chi connectivity index (χ3n) is 2.78. The van der Waals surface area contributed by atoms with Gasteiger partial charge in [-0.3, -0.25) is 4.79 Å². The topological polar surface area (TPSA) is 60.9 Å². The Hall–Kier alpha value is -2.10. The van der Waals surface area contributed by atoms with Crippen molar-refractivity contribution < 1.29 is 0 Å². The predicted molar refractivity (Wildman–Crippen MR) is 73.4 cm³/mol. The van der Waals surface area contributed by atoms with E-state index in [1.807, 2.05) is 38.1 Å². The fourth-order valence-electron chi connectivity index (χ4n) is 1.79. The number of nitrogen functional groups attached to an aromatic ring is 1. The maximum Gasteiger partial charge on any atom is 0.289 e. The van der Waals surface area contributed by atoms with Crippen molar-refractivity contribution in [3.05, 3.63) is 46.2 Å². The zero-order chi connectivity index (χ0) is 13.1. The molecule has 0 amide bonds. The van der Waals surface area contributed by atoms with Crippen LogP contribution in [0.4, 0.5) is 5.69 Å². The van der Waals surface area contributed by atoms with Crippen LogP contribution in [0.1, 0.15) is 18.9 Å². The summed E-state index contributed by atoms with van der Waals surface area (Å²) in [5.41, 5.74) is 8.67. The highest BCUT2D eigenvalue weighted by Gasteiger charge is 2.06. The standard InChI is InChI=1S/C14H17N3O/c1-3-8-17-14(18)12(15)9-13(16-17)11-6-4-10(2)5-7-11/h4-7,9H,3,8,15H2,1-2H3. The van der Waals surface area contributed by atoms with E-state index in [1.165, 1.54) is 10.2 Å². The van der Waals surface area contributed by atoms with Gasteiger partial charge in [0.25, 0.3) is 5.56 Å². The van der Waals surface area contributed by atoms with Crippen LogP contribution in [0, 0.1) is 6.92 Å². The molecular weight excluding hydrogens is 226 g/mol. The molecule has 4 heteroatoms. The minimum Gasteiger partial charge on any atom is -0.394 e. The van der Waals surface area contributed by atoms with Gasteiger partial charge in [-0.2, -0.15) is 5.10 Å². The van der Waals surface area contributed by atoms with Crippen molar-refractivity contribution in [1.29, 1.82) is 0 Å². The first-order valence-corrected chi connectivity index (χ1v) is 6.06. The van der Waals surface area contributed by atoms with Crippen LogP contribution in [0.15, 0.2) is 35.1 Å². The van der Waals surface area contributed by atoms with Crippen molar-refractivity contribution >= 4 is 5.69 Å². The Balaban J connectivity index is 2.51. The first kappa shape index (κ1) is 12.4. The molecule has 0 radical (unpaired) electrons. The number of anilines is 1. The summed E-state index contributed by atoms with van der Waals surface area (Å²) in [7, 11) is 0. The van der Waals surface area contributed by atoms with Crippen LogP contribution >= 0.6 is 0 Å². The van der Waals surface area contributed by atoms with Gasteiger partial charge in [-0.15, -0.1) is 0 Å². The van der Waals surface area contributed by atoms with Crippen molar-refractivity contribution in [1.82, 2.24) is 9.78 Å². The van der Waals surface area contributed by atoms with Crippen LogP contribution in [0.25, 0.3) is 11.3 Å². The normalized spacial score (nSPS) is 10.6.